The van der Waals surface area contributed by atoms with Gasteiger partial charge in [-0.1, -0.05) is 31.5 Å². The predicted octanol–water partition coefficient (Wildman–Crippen LogP) is 3.34. The molecule has 1 aliphatic carbocycles. The van der Waals surface area contributed by atoms with E-state index < -0.39 is 5.60 Å². The van der Waals surface area contributed by atoms with E-state index in [4.69, 9.17) is 4.74 Å². The summed E-state index contributed by atoms with van der Waals surface area (Å²) in [5, 5.41) is 10.5. The van der Waals surface area contributed by atoms with Crippen molar-refractivity contribution in [1.82, 2.24) is 0 Å². The summed E-state index contributed by atoms with van der Waals surface area (Å²) in [6, 6.07) is 6.16. The Hall–Kier alpha value is -1.02. The molecule has 100 valence electrons. The molecule has 0 aromatic heterocycles. The van der Waals surface area contributed by atoms with Gasteiger partial charge in [-0.05, 0) is 43.2 Å². The third-order valence-electron chi connectivity index (χ3n) is 4.18. The molecule has 1 fully saturated rings. The lowest BCUT2D eigenvalue weighted by atomic mass is 9.64. The van der Waals surface area contributed by atoms with Crippen molar-refractivity contribution in [3.05, 3.63) is 29.3 Å². The molecule has 0 saturated heterocycles. The Morgan fingerprint density at radius 2 is 2.06 bits per heavy atom. The molecule has 1 N–H and O–H groups in total. The van der Waals surface area contributed by atoms with Crippen LogP contribution in [0.4, 0.5) is 0 Å². The molecule has 0 radical (unpaired) electrons. The van der Waals surface area contributed by atoms with E-state index in [9.17, 15) is 5.11 Å². The van der Waals surface area contributed by atoms with E-state index in [1.54, 1.807) is 7.11 Å². The van der Waals surface area contributed by atoms with Gasteiger partial charge in [0.1, 0.15) is 5.75 Å². The maximum Gasteiger partial charge on any atom is 0.122 e. The average Bonchev–Trinajstić information content (AvgIpc) is 2.25. The van der Waals surface area contributed by atoms with Crippen molar-refractivity contribution < 1.29 is 9.84 Å². The van der Waals surface area contributed by atoms with Crippen LogP contribution in [0.15, 0.2) is 18.2 Å². The van der Waals surface area contributed by atoms with Crippen LogP contribution in [0.3, 0.4) is 0 Å². The molecule has 0 heterocycles. The third kappa shape index (κ3) is 2.69. The first kappa shape index (κ1) is 13.4. The number of benzene rings is 1. The van der Waals surface area contributed by atoms with E-state index in [2.05, 4.69) is 26.8 Å². The minimum absolute atomic E-state index is 0.518. The Labute approximate surface area is 110 Å². The smallest absolute Gasteiger partial charge is 0.122 e. The summed E-state index contributed by atoms with van der Waals surface area (Å²) >= 11 is 0. The third-order valence-corrected chi connectivity index (χ3v) is 4.18. The summed E-state index contributed by atoms with van der Waals surface area (Å²) in [7, 11) is 1.69. The predicted molar refractivity (Wildman–Crippen MR) is 73.9 cm³/mol. The lowest BCUT2D eigenvalue weighted by Crippen LogP contribution is -2.47. The van der Waals surface area contributed by atoms with Gasteiger partial charge in [-0.3, -0.25) is 0 Å². The summed E-state index contributed by atoms with van der Waals surface area (Å²) in [6.45, 7) is 6.54. The number of rotatable bonds is 4. The van der Waals surface area contributed by atoms with Crippen molar-refractivity contribution in [3.8, 4) is 5.75 Å². The van der Waals surface area contributed by atoms with E-state index in [1.165, 1.54) is 5.56 Å². The van der Waals surface area contributed by atoms with E-state index in [0.29, 0.717) is 18.3 Å². The largest absolute Gasteiger partial charge is 0.496 e. The summed E-state index contributed by atoms with van der Waals surface area (Å²) in [5.41, 5.74) is 1.83. The molecule has 2 heteroatoms. The van der Waals surface area contributed by atoms with Gasteiger partial charge < -0.3 is 9.84 Å². The normalized spacial score (nSPS) is 27.1. The van der Waals surface area contributed by atoms with Crippen LogP contribution in [0.2, 0.25) is 0 Å². The molecule has 0 unspecified atom stereocenters. The molecule has 0 aliphatic heterocycles. The van der Waals surface area contributed by atoms with Gasteiger partial charge in [0.2, 0.25) is 0 Å². The van der Waals surface area contributed by atoms with Gasteiger partial charge in [-0.15, -0.1) is 0 Å². The van der Waals surface area contributed by atoms with Gasteiger partial charge in [-0.25, -0.2) is 0 Å². The van der Waals surface area contributed by atoms with Crippen LogP contribution in [0.25, 0.3) is 0 Å². The molecule has 18 heavy (non-hydrogen) atoms. The Bertz CT molecular complexity index is 417. The first-order valence-corrected chi connectivity index (χ1v) is 6.79. The Morgan fingerprint density at radius 1 is 1.39 bits per heavy atom. The Balaban J connectivity index is 2.08. The maximum atomic E-state index is 10.5. The number of hydrogen-bond donors (Lipinski definition) is 1. The van der Waals surface area contributed by atoms with Crippen LogP contribution < -0.4 is 4.74 Å². The second-order valence-corrected chi connectivity index (χ2v) is 6.13. The zero-order valence-electron chi connectivity index (χ0n) is 11.9. The van der Waals surface area contributed by atoms with Crippen molar-refractivity contribution in [2.24, 2.45) is 11.8 Å². The standard InChI is InChI=1S/C16H24O2/c1-11(2)14-9-16(17,10-14)8-13-7-12(3)5-6-15(13)18-4/h5-7,11,14,17H,8-10H2,1-4H3. The zero-order valence-corrected chi connectivity index (χ0v) is 11.9. The quantitative estimate of drug-likeness (QED) is 0.885. The van der Waals surface area contributed by atoms with Gasteiger partial charge in [0.25, 0.3) is 0 Å². The molecule has 1 saturated carbocycles. The van der Waals surface area contributed by atoms with Gasteiger partial charge >= 0.3 is 0 Å². The number of hydrogen-bond acceptors (Lipinski definition) is 2. The second kappa shape index (κ2) is 4.93. The van der Waals surface area contributed by atoms with E-state index in [0.717, 1.165) is 24.2 Å². The van der Waals surface area contributed by atoms with Crippen molar-refractivity contribution in [2.45, 2.75) is 45.6 Å². The summed E-state index contributed by atoms with van der Waals surface area (Å²) in [5.74, 6) is 2.23. The highest BCUT2D eigenvalue weighted by molar-refractivity contribution is 5.38. The number of ether oxygens (including phenoxy) is 1. The molecule has 2 nitrogen and oxygen atoms in total. The summed E-state index contributed by atoms with van der Waals surface area (Å²) < 4.78 is 5.38. The molecule has 1 aromatic rings. The van der Waals surface area contributed by atoms with Crippen LogP contribution in [-0.4, -0.2) is 17.8 Å². The highest BCUT2D eigenvalue weighted by Gasteiger charge is 2.43. The second-order valence-electron chi connectivity index (χ2n) is 6.13. The van der Waals surface area contributed by atoms with Crippen LogP contribution in [0.5, 0.6) is 5.75 Å². The van der Waals surface area contributed by atoms with Crippen molar-refractivity contribution >= 4 is 0 Å². The van der Waals surface area contributed by atoms with Crippen LogP contribution >= 0.6 is 0 Å². The topological polar surface area (TPSA) is 29.5 Å². The van der Waals surface area contributed by atoms with E-state index >= 15 is 0 Å². The van der Waals surface area contributed by atoms with Crippen molar-refractivity contribution in [3.63, 3.8) is 0 Å². The zero-order chi connectivity index (χ0) is 13.3. The summed E-state index contributed by atoms with van der Waals surface area (Å²) in [6.07, 6.45) is 2.55. The fourth-order valence-electron chi connectivity index (χ4n) is 2.93. The maximum absolute atomic E-state index is 10.5. The van der Waals surface area contributed by atoms with Gasteiger partial charge in [-0.2, -0.15) is 0 Å². The molecule has 2 rings (SSSR count). The number of aryl methyl sites for hydroxylation is 1. The average molecular weight is 248 g/mol. The Morgan fingerprint density at radius 3 is 2.61 bits per heavy atom. The Kier molecular flexibility index (Phi) is 3.67. The summed E-state index contributed by atoms with van der Waals surface area (Å²) in [4.78, 5) is 0. The molecule has 0 atom stereocenters. The lowest BCUT2D eigenvalue weighted by Gasteiger charge is -2.46. The SMILES string of the molecule is COc1ccc(C)cc1CC1(O)CC(C(C)C)C1. The van der Waals surface area contributed by atoms with Gasteiger partial charge in [0.05, 0.1) is 12.7 Å². The lowest BCUT2D eigenvalue weighted by molar-refractivity contribution is -0.0862. The number of aliphatic hydroxyl groups is 1. The monoisotopic (exact) mass is 248 g/mol. The fraction of sp³-hybridized carbons (Fsp3) is 0.625. The fourth-order valence-corrected chi connectivity index (χ4v) is 2.93. The molecular formula is C16H24O2. The van der Waals surface area contributed by atoms with E-state index in [-0.39, 0.29) is 0 Å². The minimum atomic E-state index is -0.518. The van der Waals surface area contributed by atoms with Crippen LogP contribution in [0, 0.1) is 18.8 Å². The molecule has 0 amide bonds. The first-order valence-electron chi connectivity index (χ1n) is 6.79. The van der Waals surface area contributed by atoms with Gasteiger partial charge in [0.15, 0.2) is 0 Å². The number of methoxy groups -OCH3 is 1. The van der Waals surface area contributed by atoms with Crippen LogP contribution in [-0.2, 0) is 6.42 Å². The highest BCUT2D eigenvalue weighted by atomic mass is 16.5. The molecule has 1 aliphatic rings. The first-order chi connectivity index (χ1) is 8.43. The highest BCUT2D eigenvalue weighted by Crippen LogP contribution is 2.44. The van der Waals surface area contributed by atoms with Crippen LogP contribution in [0.1, 0.15) is 37.8 Å². The van der Waals surface area contributed by atoms with Crippen molar-refractivity contribution in [1.29, 1.82) is 0 Å². The molecule has 1 aromatic carbocycles. The van der Waals surface area contributed by atoms with E-state index in [1.807, 2.05) is 12.1 Å². The molecule has 0 bridgehead atoms. The molecular weight excluding hydrogens is 224 g/mol. The van der Waals surface area contributed by atoms with Crippen molar-refractivity contribution in [2.75, 3.05) is 7.11 Å². The minimum Gasteiger partial charge on any atom is -0.496 e. The van der Waals surface area contributed by atoms with Gasteiger partial charge in [0, 0.05) is 6.42 Å². The molecule has 0 spiro atoms.